The van der Waals surface area contributed by atoms with Gasteiger partial charge in [-0.25, -0.2) is 14.2 Å². The molecular formula is C11H20N4O2. The highest BCUT2D eigenvalue weighted by atomic mass is 16.2. The van der Waals surface area contributed by atoms with Crippen molar-refractivity contribution in [1.29, 1.82) is 0 Å². The van der Waals surface area contributed by atoms with E-state index >= 15 is 0 Å². The first-order valence-corrected chi connectivity index (χ1v) is 5.97. The lowest BCUT2D eigenvalue weighted by Gasteiger charge is -2.09. The fourth-order valence-electron chi connectivity index (χ4n) is 1.69. The zero-order chi connectivity index (χ0) is 12.8. The minimum Gasteiger partial charge on any atom is -0.358 e. The summed E-state index contributed by atoms with van der Waals surface area (Å²) in [5.41, 5.74) is -0.792. The Morgan fingerprint density at radius 3 is 2.53 bits per heavy atom. The molecule has 1 rings (SSSR count). The molecule has 1 aromatic heterocycles. The molecule has 0 saturated heterocycles. The molecule has 0 aliphatic carbocycles. The van der Waals surface area contributed by atoms with Gasteiger partial charge in [0.05, 0.1) is 0 Å². The average Bonchev–Trinajstić information content (AvgIpc) is 2.32. The lowest BCUT2D eigenvalue weighted by molar-refractivity contribution is 0.520. The van der Waals surface area contributed by atoms with Gasteiger partial charge in [0.25, 0.3) is 0 Å². The molecule has 0 aliphatic rings. The van der Waals surface area contributed by atoms with Crippen LogP contribution in [0.3, 0.4) is 0 Å². The van der Waals surface area contributed by atoms with E-state index in [4.69, 9.17) is 0 Å². The summed E-state index contributed by atoms with van der Waals surface area (Å²) in [5, 5.41) is 2.72. The Hall–Kier alpha value is -1.59. The van der Waals surface area contributed by atoms with Crippen LogP contribution >= 0.6 is 0 Å². The quantitative estimate of drug-likeness (QED) is 0.738. The van der Waals surface area contributed by atoms with E-state index in [1.165, 1.54) is 9.13 Å². The van der Waals surface area contributed by atoms with E-state index in [2.05, 4.69) is 17.2 Å². The van der Waals surface area contributed by atoms with E-state index in [1.807, 2.05) is 0 Å². The molecule has 6 heteroatoms. The van der Waals surface area contributed by atoms with Gasteiger partial charge in [0.1, 0.15) is 0 Å². The summed E-state index contributed by atoms with van der Waals surface area (Å²) in [7, 11) is 3.23. The number of unbranched alkanes of at least 4 members (excludes halogenated alkanes) is 3. The van der Waals surface area contributed by atoms with Crippen LogP contribution in [-0.2, 0) is 13.6 Å². The first kappa shape index (κ1) is 13.5. The maximum Gasteiger partial charge on any atom is 0.354 e. The van der Waals surface area contributed by atoms with Crippen molar-refractivity contribution < 1.29 is 0 Å². The van der Waals surface area contributed by atoms with Gasteiger partial charge in [0.2, 0.25) is 5.95 Å². The van der Waals surface area contributed by atoms with Crippen LogP contribution in [0.4, 0.5) is 5.95 Å². The maximum absolute atomic E-state index is 11.9. The standard InChI is InChI=1S/C11H20N4O2/c1-4-5-6-7-8-15-10(16)13-9(12-2)14(3)11(15)17/h4-8H2,1-3H3,(H,12,13,16). The highest BCUT2D eigenvalue weighted by Crippen LogP contribution is 1.99. The van der Waals surface area contributed by atoms with E-state index in [1.54, 1.807) is 14.1 Å². The van der Waals surface area contributed by atoms with Crippen molar-refractivity contribution in [3.05, 3.63) is 21.0 Å². The van der Waals surface area contributed by atoms with E-state index in [0.717, 1.165) is 25.7 Å². The SMILES string of the molecule is CCCCCCn1c(=O)nc(NC)n(C)c1=O. The van der Waals surface area contributed by atoms with Crippen molar-refractivity contribution in [1.82, 2.24) is 14.1 Å². The third-order valence-electron chi connectivity index (χ3n) is 2.73. The summed E-state index contributed by atoms with van der Waals surface area (Å²) in [5.74, 6) is 0.296. The Balaban J connectivity index is 2.90. The van der Waals surface area contributed by atoms with Gasteiger partial charge in [0, 0.05) is 20.6 Å². The van der Waals surface area contributed by atoms with Crippen molar-refractivity contribution >= 4 is 5.95 Å². The van der Waals surface area contributed by atoms with Crippen LogP contribution in [0.5, 0.6) is 0 Å². The largest absolute Gasteiger partial charge is 0.358 e. The van der Waals surface area contributed by atoms with Gasteiger partial charge in [-0.3, -0.25) is 4.57 Å². The second kappa shape index (κ2) is 6.22. The lowest BCUT2D eigenvalue weighted by Crippen LogP contribution is -2.41. The molecule has 0 radical (unpaired) electrons. The Bertz CT molecular complexity index is 475. The number of anilines is 1. The molecule has 0 fully saturated rings. The molecule has 6 nitrogen and oxygen atoms in total. The molecular weight excluding hydrogens is 220 g/mol. The maximum atomic E-state index is 11.9. The van der Waals surface area contributed by atoms with E-state index in [-0.39, 0.29) is 5.69 Å². The highest BCUT2D eigenvalue weighted by Gasteiger charge is 2.08. The summed E-state index contributed by atoms with van der Waals surface area (Å²) in [6, 6.07) is 0. The normalized spacial score (nSPS) is 10.5. The molecule has 0 bridgehead atoms. The minimum absolute atomic E-state index is 0.296. The third-order valence-corrected chi connectivity index (χ3v) is 2.73. The second-order valence-electron chi connectivity index (χ2n) is 4.02. The van der Waals surface area contributed by atoms with Gasteiger partial charge in [-0.15, -0.1) is 0 Å². The van der Waals surface area contributed by atoms with Crippen molar-refractivity contribution in [2.75, 3.05) is 12.4 Å². The van der Waals surface area contributed by atoms with Gasteiger partial charge >= 0.3 is 11.4 Å². The van der Waals surface area contributed by atoms with Crippen LogP contribution in [-0.4, -0.2) is 21.2 Å². The molecule has 1 N–H and O–H groups in total. The summed E-state index contributed by atoms with van der Waals surface area (Å²) >= 11 is 0. The van der Waals surface area contributed by atoms with Crippen LogP contribution in [0.2, 0.25) is 0 Å². The molecule has 0 amide bonds. The third kappa shape index (κ3) is 3.18. The van der Waals surface area contributed by atoms with E-state index < -0.39 is 5.69 Å². The van der Waals surface area contributed by atoms with Crippen LogP contribution in [0.1, 0.15) is 32.6 Å². The first-order valence-electron chi connectivity index (χ1n) is 5.97. The zero-order valence-corrected chi connectivity index (χ0v) is 10.7. The molecule has 0 saturated carbocycles. The van der Waals surface area contributed by atoms with E-state index in [0.29, 0.717) is 12.5 Å². The summed E-state index contributed by atoms with van der Waals surface area (Å²) in [4.78, 5) is 27.3. The molecule has 96 valence electrons. The van der Waals surface area contributed by atoms with Gasteiger partial charge < -0.3 is 5.32 Å². The molecule has 0 aliphatic heterocycles. The van der Waals surface area contributed by atoms with Crippen molar-refractivity contribution in [3.63, 3.8) is 0 Å². The van der Waals surface area contributed by atoms with Gasteiger partial charge in [0.15, 0.2) is 0 Å². The second-order valence-corrected chi connectivity index (χ2v) is 4.02. The summed E-state index contributed by atoms with van der Waals surface area (Å²) in [6.45, 7) is 2.57. The molecule has 0 aromatic carbocycles. The van der Waals surface area contributed by atoms with E-state index in [9.17, 15) is 9.59 Å². The van der Waals surface area contributed by atoms with Crippen molar-refractivity contribution in [2.24, 2.45) is 7.05 Å². The topological polar surface area (TPSA) is 68.9 Å². The van der Waals surface area contributed by atoms with Gasteiger partial charge in [-0.05, 0) is 6.42 Å². The zero-order valence-electron chi connectivity index (χ0n) is 10.7. The number of nitrogens with zero attached hydrogens (tertiary/aromatic N) is 3. The monoisotopic (exact) mass is 240 g/mol. The predicted octanol–water partition coefficient (Wildman–Crippen LogP) is 0.564. The fraction of sp³-hybridized carbons (Fsp3) is 0.727. The Morgan fingerprint density at radius 1 is 1.24 bits per heavy atom. The molecule has 0 atom stereocenters. The molecule has 1 heterocycles. The number of rotatable bonds is 6. The number of nitrogens with one attached hydrogen (secondary N) is 1. The van der Waals surface area contributed by atoms with Crippen LogP contribution in [0, 0.1) is 0 Å². The minimum atomic E-state index is -0.478. The van der Waals surface area contributed by atoms with Gasteiger partial charge in [-0.2, -0.15) is 4.98 Å². The number of hydrogen-bond acceptors (Lipinski definition) is 4. The number of hydrogen-bond donors (Lipinski definition) is 1. The Labute approximate surface area is 100 Å². The molecule has 0 spiro atoms. The first-order chi connectivity index (χ1) is 8.11. The fourth-order valence-corrected chi connectivity index (χ4v) is 1.69. The lowest BCUT2D eigenvalue weighted by atomic mass is 10.2. The van der Waals surface area contributed by atoms with Crippen LogP contribution in [0.15, 0.2) is 9.59 Å². The summed E-state index contributed by atoms with van der Waals surface area (Å²) < 4.78 is 2.54. The van der Waals surface area contributed by atoms with Gasteiger partial charge in [-0.1, -0.05) is 26.2 Å². The summed E-state index contributed by atoms with van der Waals surface area (Å²) in [6.07, 6.45) is 4.12. The Kier molecular flexibility index (Phi) is 4.93. The molecule has 0 unspecified atom stereocenters. The molecule has 17 heavy (non-hydrogen) atoms. The predicted molar refractivity (Wildman–Crippen MR) is 67.4 cm³/mol. The van der Waals surface area contributed by atoms with Crippen molar-refractivity contribution in [2.45, 2.75) is 39.2 Å². The smallest absolute Gasteiger partial charge is 0.354 e. The van der Waals surface area contributed by atoms with Crippen LogP contribution < -0.4 is 16.7 Å². The molecule has 1 aromatic rings. The van der Waals surface area contributed by atoms with Crippen LogP contribution in [0.25, 0.3) is 0 Å². The highest BCUT2D eigenvalue weighted by molar-refractivity contribution is 5.21. The van der Waals surface area contributed by atoms with Crippen molar-refractivity contribution in [3.8, 4) is 0 Å². The Morgan fingerprint density at radius 2 is 1.94 bits per heavy atom. The number of aromatic nitrogens is 3. The average molecular weight is 240 g/mol.